The Balaban J connectivity index is 2.09. The van der Waals surface area contributed by atoms with Crippen molar-refractivity contribution in [2.24, 2.45) is 5.73 Å². The number of hydrogen-bond donors (Lipinski definition) is 3. The minimum atomic E-state index is 0.578. The summed E-state index contributed by atoms with van der Waals surface area (Å²) in [6, 6.07) is 10.3. The number of aromatic nitrogens is 2. The summed E-state index contributed by atoms with van der Waals surface area (Å²) in [5.74, 6) is 0. The van der Waals surface area contributed by atoms with Crippen LogP contribution in [0.4, 0.5) is 0 Å². The van der Waals surface area contributed by atoms with Gasteiger partial charge in [-0.05, 0) is 12.1 Å². The summed E-state index contributed by atoms with van der Waals surface area (Å²) in [7, 11) is 0. The summed E-state index contributed by atoms with van der Waals surface area (Å²) < 4.78 is 0. The molecule has 0 amide bonds. The first-order chi connectivity index (χ1) is 9.29. The lowest BCUT2D eigenvalue weighted by Crippen LogP contribution is -2.21. The minimum Gasteiger partial charge on any atom is -0.383 e. The Morgan fingerprint density at radius 3 is 2.95 bits per heavy atom. The van der Waals surface area contributed by atoms with Crippen molar-refractivity contribution in [1.29, 1.82) is 0 Å². The number of nitrogens with one attached hydrogen (secondary N) is 2. The second kappa shape index (κ2) is 4.74. The first kappa shape index (κ1) is 11.7. The molecule has 0 aliphatic rings. The van der Waals surface area contributed by atoms with E-state index in [1.54, 1.807) is 0 Å². The van der Waals surface area contributed by atoms with E-state index in [2.05, 4.69) is 40.1 Å². The molecular formula is C15H16N4. The quantitative estimate of drug-likeness (QED) is 0.667. The third-order valence-corrected chi connectivity index (χ3v) is 3.18. The van der Waals surface area contributed by atoms with Gasteiger partial charge in [-0.3, -0.25) is 4.98 Å². The Morgan fingerprint density at radius 2 is 2.11 bits per heavy atom. The molecule has 19 heavy (non-hydrogen) atoms. The average Bonchev–Trinajstić information content (AvgIpc) is 2.82. The van der Waals surface area contributed by atoms with Crippen LogP contribution in [-0.4, -0.2) is 23.1 Å². The molecule has 0 atom stereocenters. The molecule has 4 nitrogen and oxygen atoms in total. The van der Waals surface area contributed by atoms with E-state index >= 15 is 0 Å². The molecule has 3 aromatic rings. The number of pyridine rings is 1. The lowest BCUT2D eigenvalue weighted by molar-refractivity contribution is 0.855. The van der Waals surface area contributed by atoms with Gasteiger partial charge in [0.2, 0.25) is 0 Å². The Morgan fingerprint density at radius 1 is 1.26 bits per heavy atom. The van der Waals surface area contributed by atoms with Gasteiger partial charge in [0.15, 0.2) is 0 Å². The van der Waals surface area contributed by atoms with Crippen molar-refractivity contribution in [1.82, 2.24) is 15.3 Å². The van der Waals surface area contributed by atoms with Crippen molar-refractivity contribution < 1.29 is 0 Å². The number of rotatable bonds is 4. The van der Waals surface area contributed by atoms with Crippen LogP contribution in [0.3, 0.4) is 0 Å². The molecule has 4 N–H and O–H groups in total. The van der Waals surface area contributed by atoms with Crippen molar-refractivity contribution in [3.63, 3.8) is 0 Å². The molecule has 2 aromatic heterocycles. The van der Waals surface area contributed by atoms with Gasteiger partial charge in [-0.1, -0.05) is 24.8 Å². The summed E-state index contributed by atoms with van der Waals surface area (Å²) in [4.78, 5) is 7.78. The van der Waals surface area contributed by atoms with Gasteiger partial charge >= 0.3 is 0 Å². The zero-order chi connectivity index (χ0) is 13.2. The van der Waals surface area contributed by atoms with E-state index in [4.69, 9.17) is 5.73 Å². The van der Waals surface area contributed by atoms with Crippen LogP contribution in [0.15, 0.2) is 43.1 Å². The van der Waals surface area contributed by atoms with Gasteiger partial charge in [-0.25, -0.2) is 0 Å². The molecular weight excluding hydrogens is 236 g/mol. The third kappa shape index (κ3) is 2.06. The largest absolute Gasteiger partial charge is 0.383 e. The fraction of sp³-hybridized carbons (Fsp3) is 0.133. The lowest BCUT2D eigenvalue weighted by atomic mass is 10.1. The molecule has 0 radical (unpaired) electrons. The number of fused-ring (bicyclic) bond motifs is 3. The van der Waals surface area contributed by atoms with Crippen LogP contribution < -0.4 is 11.1 Å². The lowest BCUT2D eigenvalue weighted by Gasteiger charge is -2.07. The Labute approximate surface area is 111 Å². The predicted molar refractivity (Wildman–Crippen MR) is 79.7 cm³/mol. The summed E-state index contributed by atoms with van der Waals surface area (Å²) >= 11 is 0. The van der Waals surface area contributed by atoms with Crippen LogP contribution in [0.5, 0.6) is 0 Å². The van der Waals surface area contributed by atoms with Crippen LogP contribution in [0.2, 0.25) is 0 Å². The summed E-state index contributed by atoms with van der Waals surface area (Å²) in [5.41, 5.74) is 9.29. The highest BCUT2D eigenvalue weighted by atomic mass is 14.9. The fourth-order valence-corrected chi connectivity index (χ4v) is 2.23. The number of para-hydroxylation sites is 1. The van der Waals surface area contributed by atoms with Crippen LogP contribution in [-0.2, 0) is 0 Å². The molecule has 2 heterocycles. The molecule has 0 fully saturated rings. The smallest absolute Gasteiger partial charge is 0.0862 e. The van der Waals surface area contributed by atoms with Crippen LogP contribution in [0, 0.1) is 0 Å². The van der Waals surface area contributed by atoms with Crippen molar-refractivity contribution in [2.45, 2.75) is 0 Å². The van der Waals surface area contributed by atoms with Gasteiger partial charge in [0.05, 0.1) is 23.1 Å². The number of benzene rings is 1. The number of H-pyrrole nitrogens is 1. The maximum absolute atomic E-state index is 5.47. The topological polar surface area (TPSA) is 66.7 Å². The SMILES string of the molecule is C=C(NCCN)c1cc2c(cn1)[nH]c1ccccc12. The summed E-state index contributed by atoms with van der Waals surface area (Å²) in [5, 5.41) is 5.53. The van der Waals surface area contributed by atoms with E-state index in [-0.39, 0.29) is 0 Å². The normalized spacial score (nSPS) is 11.0. The number of nitrogens with two attached hydrogens (primary N) is 1. The van der Waals surface area contributed by atoms with Crippen molar-refractivity contribution in [3.8, 4) is 0 Å². The number of hydrogen-bond acceptors (Lipinski definition) is 3. The molecule has 4 heteroatoms. The Hall–Kier alpha value is -2.33. The van der Waals surface area contributed by atoms with Gasteiger partial charge in [0.25, 0.3) is 0 Å². The number of nitrogens with zero attached hydrogens (tertiary/aromatic N) is 1. The van der Waals surface area contributed by atoms with Gasteiger partial charge in [0, 0.05) is 29.4 Å². The minimum absolute atomic E-state index is 0.578. The highest BCUT2D eigenvalue weighted by Gasteiger charge is 2.06. The first-order valence-electron chi connectivity index (χ1n) is 6.29. The highest BCUT2D eigenvalue weighted by molar-refractivity contribution is 6.07. The van der Waals surface area contributed by atoms with E-state index in [9.17, 15) is 0 Å². The molecule has 0 saturated heterocycles. The second-order valence-electron chi connectivity index (χ2n) is 4.48. The monoisotopic (exact) mass is 252 g/mol. The average molecular weight is 252 g/mol. The Bertz CT molecular complexity index is 742. The molecule has 0 unspecified atom stereocenters. The maximum atomic E-state index is 5.47. The third-order valence-electron chi connectivity index (χ3n) is 3.18. The zero-order valence-corrected chi connectivity index (χ0v) is 10.6. The predicted octanol–water partition coefficient (Wildman–Crippen LogP) is 2.24. The van der Waals surface area contributed by atoms with Gasteiger partial charge in [-0.15, -0.1) is 0 Å². The molecule has 0 aliphatic carbocycles. The molecule has 1 aromatic carbocycles. The van der Waals surface area contributed by atoms with Crippen LogP contribution in [0.25, 0.3) is 27.5 Å². The van der Waals surface area contributed by atoms with Crippen molar-refractivity contribution >= 4 is 27.5 Å². The molecule has 0 spiro atoms. The molecule has 0 bridgehead atoms. The molecule has 0 aliphatic heterocycles. The van der Waals surface area contributed by atoms with Crippen LogP contribution >= 0.6 is 0 Å². The number of aromatic amines is 1. The van der Waals surface area contributed by atoms with E-state index in [0.717, 1.165) is 27.8 Å². The van der Waals surface area contributed by atoms with E-state index in [1.807, 2.05) is 18.3 Å². The standard InChI is InChI=1S/C15H16N4/c1-10(17-7-6-16)14-8-12-11-4-2-3-5-13(11)19-15(12)9-18-14/h2-5,8-9,17,19H,1,6-7,16H2. The van der Waals surface area contributed by atoms with Crippen molar-refractivity contribution in [3.05, 3.63) is 48.8 Å². The van der Waals surface area contributed by atoms with Crippen molar-refractivity contribution in [2.75, 3.05) is 13.1 Å². The highest BCUT2D eigenvalue weighted by Crippen LogP contribution is 2.25. The fourth-order valence-electron chi connectivity index (χ4n) is 2.23. The molecule has 0 saturated carbocycles. The van der Waals surface area contributed by atoms with Gasteiger partial charge < -0.3 is 16.0 Å². The second-order valence-corrected chi connectivity index (χ2v) is 4.48. The maximum Gasteiger partial charge on any atom is 0.0862 e. The summed E-state index contributed by atoms with van der Waals surface area (Å²) in [6.07, 6.45) is 1.85. The van der Waals surface area contributed by atoms with E-state index < -0.39 is 0 Å². The first-order valence-corrected chi connectivity index (χ1v) is 6.29. The zero-order valence-electron chi connectivity index (χ0n) is 10.6. The Kier molecular flexibility index (Phi) is 2.93. The van der Waals surface area contributed by atoms with Gasteiger partial charge in [0.1, 0.15) is 0 Å². The van der Waals surface area contributed by atoms with E-state index in [1.165, 1.54) is 5.39 Å². The molecule has 3 rings (SSSR count). The van der Waals surface area contributed by atoms with E-state index in [0.29, 0.717) is 13.1 Å². The molecule has 96 valence electrons. The van der Waals surface area contributed by atoms with Gasteiger partial charge in [-0.2, -0.15) is 0 Å². The van der Waals surface area contributed by atoms with Crippen LogP contribution in [0.1, 0.15) is 5.69 Å². The summed E-state index contributed by atoms with van der Waals surface area (Å²) in [6.45, 7) is 5.27.